The standard InChI is InChI=1S/C11H26N2O/c1-10(2)12-6-8-14-9-7-13(5)11(3)4/h10-12H,6-9H2,1-5H3. The maximum absolute atomic E-state index is 5.50. The lowest BCUT2D eigenvalue weighted by atomic mass is 10.3. The first-order valence-electron chi connectivity index (χ1n) is 5.55. The Morgan fingerprint density at radius 1 is 1.14 bits per heavy atom. The van der Waals surface area contributed by atoms with Crippen LogP contribution in [0.4, 0.5) is 0 Å². The summed E-state index contributed by atoms with van der Waals surface area (Å²) in [6.45, 7) is 12.3. The molecular formula is C11H26N2O. The van der Waals surface area contributed by atoms with Crippen LogP contribution in [0.3, 0.4) is 0 Å². The molecule has 0 radical (unpaired) electrons. The molecule has 0 bridgehead atoms. The first-order chi connectivity index (χ1) is 6.54. The number of ether oxygens (including phenoxy) is 1. The molecule has 0 spiro atoms. The summed E-state index contributed by atoms with van der Waals surface area (Å²) in [7, 11) is 2.13. The third-order valence-corrected chi connectivity index (χ3v) is 2.27. The smallest absolute Gasteiger partial charge is 0.0594 e. The van der Waals surface area contributed by atoms with E-state index in [1.165, 1.54) is 0 Å². The lowest BCUT2D eigenvalue weighted by molar-refractivity contribution is 0.104. The van der Waals surface area contributed by atoms with E-state index in [2.05, 4.69) is 45.0 Å². The zero-order valence-corrected chi connectivity index (χ0v) is 10.3. The van der Waals surface area contributed by atoms with Crippen LogP contribution in [0.1, 0.15) is 27.7 Å². The van der Waals surface area contributed by atoms with E-state index in [0.717, 1.165) is 26.3 Å². The summed E-state index contributed by atoms with van der Waals surface area (Å²) in [4.78, 5) is 2.29. The number of nitrogens with zero attached hydrogens (tertiary/aromatic N) is 1. The molecule has 0 aromatic carbocycles. The van der Waals surface area contributed by atoms with Crippen molar-refractivity contribution in [2.45, 2.75) is 39.8 Å². The van der Waals surface area contributed by atoms with Gasteiger partial charge in [-0.3, -0.25) is 0 Å². The summed E-state index contributed by atoms with van der Waals surface area (Å²) in [5.74, 6) is 0. The molecule has 3 nitrogen and oxygen atoms in total. The summed E-state index contributed by atoms with van der Waals surface area (Å²) in [5, 5.41) is 3.32. The Kier molecular flexibility index (Phi) is 8.14. The molecule has 0 rings (SSSR count). The monoisotopic (exact) mass is 202 g/mol. The molecule has 0 aromatic heterocycles. The fraction of sp³-hybridized carbons (Fsp3) is 1.00. The van der Waals surface area contributed by atoms with Gasteiger partial charge in [0.15, 0.2) is 0 Å². The third kappa shape index (κ3) is 8.48. The molecule has 0 fully saturated rings. The highest BCUT2D eigenvalue weighted by molar-refractivity contribution is 4.56. The van der Waals surface area contributed by atoms with Gasteiger partial charge in [0.2, 0.25) is 0 Å². The molecule has 0 aliphatic heterocycles. The van der Waals surface area contributed by atoms with Crippen molar-refractivity contribution >= 4 is 0 Å². The highest BCUT2D eigenvalue weighted by atomic mass is 16.5. The van der Waals surface area contributed by atoms with Crippen molar-refractivity contribution in [2.24, 2.45) is 0 Å². The molecule has 0 aliphatic rings. The number of nitrogens with one attached hydrogen (secondary N) is 1. The van der Waals surface area contributed by atoms with Crippen molar-refractivity contribution < 1.29 is 4.74 Å². The maximum atomic E-state index is 5.50. The number of hydrogen-bond acceptors (Lipinski definition) is 3. The molecule has 0 saturated carbocycles. The van der Waals surface area contributed by atoms with Gasteiger partial charge in [-0.25, -0.2) is 0 Å². The van der Waals surface area contributed by atoms with Gasteiger partial charge in [0, 0.05) is 25.2 Å². The molecular weight excluding hydrogens is 176 g/mol. The van der Waals surface area contributed by atoms with Gasteiger partial charge in [0.25, 0.3) is 0 Å². The van der Waals surface area contributed by atoms with Crippen molar-refractivity contribution in [3.05, 3.63) is 0 Å². The molecule has 3 heteroatoms. The Bertz CT molecular complexity index is 126. The average molecular weight is 202 g/mol. The van der Waals surface area contributed by atoms with Crippen molar-refractivity contribution in [2.75, 3.05) is 33.4 Å². The van der Waals surface area contributed by atoms with E-state index in [1.807, 2.05) is 0 Å². The van der Waals surface area contributed by atoms with E-state index in [1.54, 1.807) is 0 Å². The van der Waals surface area contributed by atoms with Gasteiger partial charge in [0.1, 0.15) is 0 Å². The Labute approximate surface area is 88.8 Å². The fourth-order valence-corrected chi connectivity index (χ4v) is 0.989. The lowest BCUT2D eigenvalue weighted by Crippen LogP contribution is -2.31. The third-order valence-electron chi connectivity index (χ3n) is 2.27. The van der Waals surface area contributed by atoms with Crippen LogP contribution in [0.15, 0.2) is 0 Å². The van der Waals surface area contributed by atoms with Crippen LogP contribution in [0.25, 0.3) is 0 Å². The topological polar surface area (TPSA) is 24.5 Å². The number of hydrogen-bond donors (Lipinski definition) is 1. The molecule has 0 amide bonds. The Morgan fingerprint density at radius 2 is 1.79 bits per heavy atom. The summed E-state index contributed by atoms with van der Waals surface area (Å²) < 4.78 is 5.50. The normalized spacial score (nSPS) is 12.0. The Hall–Kier alpha value is -0.120. The second kappa shape index (κ2) is 8.21. The summed E-state index contributed by atoms with van der Waals surface area (Å²) in [5.41, 5.74) is 0. The fourth-order valence-electron chi connectivity index (χ4n) is 0.989. The minimum absolute atomic E-state index is 0.553. The van der Waals surface area contributed by atoms with Crippen LogP contribution in [0.5, 0.6) is 0 Å². The molecule has 1 N–H and O–H groups in total. The van der Waals surface area contributed by atoms with E-state index in [4.69, 9.17) is 4.74 Å². The van der Waals surface area contributed by atoms with Crippen LogP contribution < -0.4 is 5.32 Å². The molecule has 0 unspecified atom stereocenters. The first kappa shape index (κ1) is 13.9. The lowest BCUT2D eigenvalue weighted by Gasteiger charge is -2.20. The van der Waals surface area contributed by atoms with Crippen LogP contribution >= 0.6 is 0 Å². The number of likely N-dealkylation sites (N-methyl/N-ethyl adjacent to an activating group) is 1. The second-order valence-corrected chi connectivity index (χ2v) is 4.30. The Morgan fingerprint density at radius 3 is 2.29 bits per heavy atom. The zero-order chi connectivity index (χ0) is 11.0. The van der Waals surface area contributed by atoms with E-state index in [9.17, 15) is 0 Å². The summed E-state index contributed by atoms with van der Waals surface area (Å²) in [6.07, 6.45) is 0. The minimum Gasteiger partial charge on any atom is -0.379 e. The minimum atomic E-state index is 0.553. The van der Waals surface area contributed by atoms with Gasteiger partial charge in [-0.05, 0) is 20.9 Å². The molecule has 86 valence electrons. The quantitative estimate of drug-likeness (QED) is 0.601. The van der Waals surface area contributed by atoms with Crippen LogP contribution in [-0.4, -0.2) is 50.3 Å². The second-order valence-electron chi connectivity index (χ2n) is 4.30. The highest BCUT2D eigenvalue weighted by Gasteiger charge is 2.01. The molecule has 0 aromatic rings. The van der Waals surface area contributed by atoms with E-state index >= 15 is 0 Å². The van der Waals surface area contributed by atoms with Gasteiger partial charge in [-0.15, -0.1) is 0 Å². The first-order valence-corrected chi connectivity index (χ1v) is 5.55. The van der Waals surface area contributed by atoms with Crippen molar-refractivity contribution in [3.63, 3.8) is 0 Å². The van der Waals surface area contributed by atoms with Crippen LogP contribution in [0.2, 0.25) is 0 Å². The van der Waals surface area contributed by atoms with Crippen molar-refractivity contribution in [1.82, 2.24) is 10.2 Å². The summed E-state index contributed by atoms with van der Waals surface area (Å²) >= 11 is 0. The molecule has 0 atom stereocenters. The van der Waals surface area contributed by atoms with Crippen LogP contribution in [0, 0.1) is 0 Å². The van der Waals surface area contributed by atoms with Gasteiger partial charge in [-0.2, -0.15) is 0 Å². The molecule has 0 aliphatic carbocycles. The van der Waals surface area contributed by atoms with E-state index < -0.39 is 0 Å². The van der Waals surface area contributed by atoms with Gasteiger partial charge in [-0.1, -0.05) is 13.8 Å². The zero-order valence-electron chi connectivity index (χ0n) is 10.3. The van der Waals surface area contributed by atoms with E-state index in [0.29, 0.717) is 12.1 Å². The van der Waals surface area contributed by atoms with Crippen molar-refractivity contribution in [1.29, 1.82) is 0 Å². The SMILES string of the molecule is CC(C)NCCOCCN(C)C(C)C. The predicted octanol–water partition coefficient (Wildman–Crippen LogP) is 1.34. The Balaban J connectivity index is 3.13. The highest BCUT2D eigenvalue weighted by Crippen LogP contribution is 1.92. The largest absolute Gasteiger partial charge is 0.379 e. The maximum Gasteiger partial charge on any atom is 0.0594 e. The van der Waals surface area contributed by atoms with Gasteiger partial charge < -0.3 is 15.0 Å². The van der Waals surface area contributed by atoms with Gasteiger partial charge in [0.05, 0.1) is 13.2 Å². The van der Waals surface area contributed by atoms with Gasteiger partial charge >= 0.3 is 0 Å². The molecule has 0 saturated heterocycles. The van der Waals surface area contributed by atoms with E-state index in [-0.39, 0.29) is 0 Å². The van der Waals surface area contributed by atoms with Crippen molar-refractivity contribution in [3.8, 4) is 0 Å². The average Bonchev–Trinajstić information content (AvgIpc) is 2.09. The molecule has 0 heterocycles. The van der Waals surface area contributed by atoms with Crippen LogP contribution in [-0.2, 0) is 4.74 Å². The molecule has 14 heavy (non-hydrogen) atoms. The predicted molar refractivity (Wildman–Crippen MR) is 61.7 cm³/mol. The summed E-state index contributed by atoms with van der Waals surface area (Å²) in [6, 6.07) is 1.16. The number of rotatable bonds is 8.